The zero-order valence-electron chi connectivity index (χ0n) is 34.6. The molecule has 0 fully saturated rings. The maximum absolute atomic E-state index is 12.6. The van der Waals surface area contributed by atoms with Crippen LogP contribution in [0.5, 0.6) is 0 Å². The number of phosphoric acid groups is 1. The quantitative estimate of drug-likeness (QED) is 0.0237. The lowest BCUT2D eigenvalue weighted by atomic mass is 10.1. The second-order valence-electron chi connectivity index (χ2n) is 14.4. The summed E-state index contributed by atoms with van der Waals surface area (Å²) in [6.07, 6.45) is 42.3. The molecule has 0 aromatic heterocycles. The Morgan fingerprint density at radius 1 is 0.545 bits per heavy atom. The minimum atomic E-state index is -4.63. The van der Waals surface area contributed by atoms with E-state index in [2.05, 4.69) is 60.9 Å². The lowest BCUT2D eigenvalue weighted by Gasteiger charge is -2.20. The van der Waals surface area contributed by atoms with Gasteiger partial charge >= 0.3 is 19.8 Å². The number of ether oxygens (including phenoxy) is 2. The lowest BCUT2D eigenvalue weighted by molar-refractivity contribution is -0.161. The van der Waals surface area contributed by atoms with Gasteiger partial charge in [-0.2, -0.15) is 0 Å². The Morgan fingerprint density at radius 3 is 1.49 bits per heavy atom. The van der Waals surface area contributed by atoms with Crippen molar-refractivity contribution >= 4 is 19.8 Å². The van der Waals surface area contributed by atoms with Crippen molar-refractivity contribution in [3.05, 3.63) is 48.6 Å². The van der Waals surface area contributed by atoms with Gasteiger partial charge in [-0.3, -0.25) is 18.6 Å². The average Bonchev–Trinajstić information content (AvgIpc) is 3.17. The molecule has 0 saturated heterocycles. The van der Waals surface area contributed by atoms with Crippen LogP contribution in [0.15, 0.2) is 48.6 Å². The predicted molar refractivity (Wildman–Crippen MR) is 224 cm³/mol. The monoisotopic (exact) mass is 799 g/mol. The summed E-state index contributed by atoms with van der Waals surface area (Å²) >= 11 is 0. The van der Waals surface area contributed by atoms with Gasteiger partial charge in [0.05, 0.1) is 19.8 Å². The van der Waals surface area contributed by atoms with Crippen molar-refractivity contribution in [2.45, 2.75) is 193 Å². The SMILES string of the molecule is CCCCCCCCC=CCC=CCC=CCCCC(=O)O[C@H](COC(=O)CCCCCCCC=CCCCCCCCC)COP(=O)(O)OC[C@@H](O)CO. The van der Waals surface area contributed by atoms with Gasteiger partial charge in [-0.1, -0.05) is 146 Å². The van der Waals surface area contributed by atoms with Crippen LogP contribution in [-0.4, -0.2) is 65.7 Å². The Kier molecular flexibility index (Phi) is 38.6. The van der Waals surface area contributed by atoms with Crippen LogP contribution >= 0.6 is 7.82 Å². The number of hydrogen-bond donors (Lipinski definition) is 3. The zero-order valence-corrected chi connectivity index (χ0v) is 35.5. The van der Waals surface area contributed by atoms with Crippen molar-refractivity contribution in [2.24, 2.45) is 0 Å². The van der Waals surface area contributed by atoms with E-state index in [1.807, 2.05) is 6.08 Å². The van der Waals surface area contributed by atoms with Crippen LogP contribution in [0, 0.1) is 0 Å². The van der Waals surface area contributed by atoms with Crippen molar-refractivity contribution in [3.8, 4) is 0 Å². The highest BCUT2D eigenvalue weighted by Gasteiger charge is 2.27. The first kappa shape index (κ1) is 52.9. The normalized spacial score (nSPS) is 14.3. The summed E-state index contributed by atoms with van der Waals surface area (Å²) < 4.78 is 32.6. The van der Waals surface area contributed by atoms with Gasteiger partial charge in [0.25, 0.3) is 0 Å². The molecule has 0 aromatic carbocycles. The van der Waals surface area contributed by atoms with Gasteiger partial charge in [-0.05, 0) is 70.6 Å². The van der Waals surface area contributed by atoms with Gasteiger partial charge in [-0.15, -0.1) is 0 Å². The molecule has 0 bridgehead atoms. The van der Waals surface area contributed by atoms with Crippen LogP contribution in [0.4, 0.5) is 0 Å². The van der Waals surface area contributed by atoms with E-state index in [1.165, 1.54) is 77.0 Å². The molecule has 0 radical (unpaired) electrons. The number of allylic oxidation sites excluding steroid dienone is 8. The molecule has 0 saturated carbocycles. The average molecular weight is 799 g/mol. The Hall–Kier alpha value is -2.07. The number of aliphatic hydroxyl groups is 2. The van der Waals surface area contributed by atoms with E-state index in [0.29, 0.717) is 19.3 Å². The standard InChI is InChI=1S/C44H79O10P/c1-3-5-7-9-11-13-15-17-19-20-22-24-26-28-30-32-34-36-44(48)54-42(40-53-55(49,50)52-38-41(46)37-45)39-51-43(47)35-33-31-29-27-25-23-21-18-16-14-12-10-8-6-4-2/h17-19,21-22,24,28,30,41-42,45-46H,3-16,20,23,25-27,29,31-40H2,1-2H3,(H,49,50)/t41-,42+/m0/s1. The molecule has 0 heterocycles. The number of esters is 2. The van der Waals surface area contributed by atoms with Crippen molar-refractivity contribution in [1.29, 1.82) is 0 Å². The molecular formula is C44H79O10P. The highest BCUT2D eigenvalue weighted by atomic mass is 31.2. The molecule has 55 heavy (non-hydrogen) atoms. The second kappa shape index (κ2) is 40.1. The third-order valence-corrected chi connectivity index (χ3v) is 9.91. The minimum Gasteiger partial charge on any atom is -0.462 e. The van der Waals surface area contributed by atoms with Crippen LogP contribution in [0.2, 0.25) is 0 Å². The van der Waals surface area contributed by atoms with E-state index in [-0.39, 0.29) is 19.4 Å². The van der Waals surface area contributed by atoms with Gasteiger partial charge in [0.15, 0.2) is 6.10 Å². The molecule has 11 heteroatoms. The highest BCUT2D eigenvalue weighted by Crippen LogP contribution is 2.43. The number of aliphatic hydroxyl groups excluding tert-OH is 2. The first-order valence-corrected chi connectivity index (χ1v) is 23.1. The van der Waals surface area contributed by atoms with Gasteiger partial charge in [0, 0.05) is 12.8 Å². The molecule has 10 nitrogen and oxygen atoms in total. The molecule has 0 aliphatic rings. The summed E-state index contributed by atoms with van der Waals surface area (Å²) in [5, 5.41) is 18.3. The molecule has 0 aliphatic carbocycles. The van der Waals surface area contributed by atoms with E-state index in [1.54, 1.807) is 0 Å². The number of hydrogen-bond acceptors (Lipinski definition) is 9. The van der Waals surface area contributed by atoms with Gasteiger partial charge in [0.2, 0.25) is 0 Å². The molecule has 0 aromatic rings. The molecule has 3 atom stereocenters. The fourth-order valence-corrected chi connectivity index (χ4v) is 6.38. The van der Waals surface area contributed by atoms with Crippen molar-refractivity contribution in [3.63, 3.8) is 0 Å². The van der Waals surface area contributed by atoms with E-state index in [4.69, 9.17) is 19.1 Å². The zero-order chi connectivity index (χ0) is 40.5. The van der Waals surface area contributed by atoms with Crippen LogP contribution in [0.25, 0.3) is 0 Å². The lowest BCUT2D eigenvalue weighted by Crippen LogP contribution is -2.29. The van der Waals surface area contributed by atoms with Crippen molar-refractivity contribution in [2.75, 3.05) is 26.4 Å². The smallest absolute Gasteiger partial charge is 0.462 e. The Labute approximate surface area is 334 Å². The molecule has 0 aliphatic heterocycles. The number of carbonyl (C=O) groups is 2. The molecule has 320 valence electrons. The van der Waals surface area contributed by atoms with Gasteiger partial charge < -0.3 is 24.6 Å². The predicted octanol–water partition coefficient (Wildman–Crippen LogP) is 11.3. The van der Waals surface area contributed by atoms with Crippen LogP contribution in [-0.2, 0) is 32.7 Å². The number of phosphoric ester groups is 1. The Bertz CT molecular complexity index is 1060. The van der Waals surface area contributed by atoms with Crippen molar-refractivity contribution < 1.29 is 47.8 Å². The Balaban J connectivity index is 4.41. The summed E-state index contributed by atoms with van der Waals surface area (Å²) in [7, 11) is -4.63. The minimum absolute atomic E-state index is 0.110. The van der Waals surface area contributed by atoms with E-state index in [0.717, 1.165) is 57.8 Å². The molecule has 0 spiro atoms. The summed E-state index contributed by atoms with van der Waals surface area (Å²) in [5.74, 6) is -0.996. The highest BCUT2D eigenvalue weighted by molar-refractivity contribution is 7.47. The number of rotatable bonds is 40. The largest absolute Gasteiger partial charge is 0.472 e. The number of carbonyl (C=O) groups excluding carboxylic acids is 2. The molecule has 0 amide bonds. The first-order valence-electron chi connectivity index (χ1n) is 21.6. The molecule has 0 rings (SSSR count). The molecule has 3 N–H and O–H groups in total. The fraction of sp³-hybridized carbons (Fsp3) is 0.773. The van der Waals surface area contributed by atoms with Gasteiger partial charge in [0.1, 0.15) is 12.7 Å². The van der Waals surface area contributed by atoms with Crippen LogP contribution in [0.1, 0.15) is 181 Å². The van der Waals surface area contributed by atoms with E-state index in [9.17, 15) is 24.2 Å². The maximum atomic E-state index is 12.6. The Morgan fingerprint density at radius 2 is 0.964 bits per heavy atom. The fourth-order valence-electron chi connectivity index (χ4n) is 5.59. The summed E-state index contributed by atoms with van der Waals surface area (Å²) in [6.45, 7) is 2.30. The van der Waals surface area contributed by atoms with Crippen molar-refractivity contribution in [1.82, 2.24) is 0 Å². The van der Waals surface area contributed by atoms with E-state index >= 15 is 0 Å². The van der Waals surface area contributed by atoms with E-state index < -0.39 is 51.8 Å². The third kappa shape index (κ3) is 39.9. The maximum Gasteiger partial charge on any atom is 0.472 e. The van der Waals surface area contributed by atoms with Crippen LogP contribution < -0.4 is 0 Å². The molecule has 1 unspecified atom stereocenters. The number of unbranched alkanes of at least 4 members (excludes halogenated alkanes) is 18. The third-order valence-electron chi connectivity index (χ3n) is 8.96. The summed E-state index contributed by atoms with van der Waals surface area (Å²) in [4.78, 5) is 34.9. The molecular weight excluding hydrogens is 719 g/mol. The topological polar surface area (TPSA) is 149 Å². The van der Waals surface area contributed by atoms with Gasteiger partial charge in [-0.25, -0.2) is 4.57 Å². The summed E-state index contributed by atoms with van der Waals surface area (Å²) in [6, 6.07) is 0. The summed E-state index contributed by atoms with van der Waals surface area (Å²) in [5.41, 5.74) is 0. The first-order chi connectivity index (χ1) is 26.7. The van der Waals surface area contributed by atoms with Crippen LogP contribution in [0.3, 0.4) is 0 Å². The second-order valence-corrected chi connectivity index (χ2v) is 15.8.